The van der Waals surface area contributed by atoms with Crippen LogP contribution in [0.25, 0.3) is 0 Å². The van der Waals surface area contributed by atoms with Crippen LogP contribution in [0.3, 0.4) is 0 Å². The van der Waals surface area contributed by atoms with Crippen LogP contribution in [0.1, 0.15) is 23.8 Å². The van der Waals surface area contributed by atoms with E-state index in [0.29, 0.717) is 12.3 Å². The molecule has 1 aromatic rings. The Labute approximate surface area is 93.6 Å². The van der Waals surface area contributed by atoms with Gasteiger partial charge in [-0.15, -0.1) is 0 Å². The van der Waals surface area contributed by atoms with E-state index in [1.54, 1.807) is 0 Å². The second kappa shape index (κ2) is 4.63. The Morgan fingerprint density at radius 3 is 3.19 bits per heavy atom. The van der Waals surface area contributed by atoms with Gasteiger partial charge in [-0.3, -0.25) is 4.79 Å². The SMILES string of the molecule is CCOC1CC(N)C1NC(=O)c1cnc[nH]1. The van der Waals surface area contributed by atoms with Crippen molar-refractivity contribution < 1.29 is 9.53 Å². The number of amides is 1. The van der Waals surface area contributed by atoms with Crippen LogP contribution >= 0.6 is 0 Å². The summed E-state index contributed by atoms with van der Waals surface area (Å²) in [6, 6.07) is -0.126. The monoisotopic (exact) mass is 224 g/mol. The minimum absolute atomic E-state index is 0.0246. The molecular formula is C10H16N4O2. The molecule has 88 valence electrons. The first-order chi connectivity index (χ1) is 7.72. The van der Waals surface area contributed by atoms with Crippen molar-refractivity contribution in [2.45, 2.75) is 31.5 Å². The molecule has 1 saturated carbocycles. The van der Waals surface area contributed by atoms with Gasteiger partial charge in [0.1, 0.15) is 5.69 Å². The number of carbonyl (C=O) groups is 1. The Balaban J connectivity index is 1.91. The van der Waals surface area contributed by atoms with Crippen LogP contribution in [0.5, 0.6) is 0 Å². The van der Waals surface area contributed by atoms with Gasteiger partial charge in [-0.2, -0.15) is 0 Å². The highest BCUT2D eigenvalue weighted by Crippen LogP contribution is 2.22. The van der Waals surface area contributed by atoms with Crippen LogP contribution in [-0.4, -0.2) is 40.7 Å². The van der Waals surface area contributed by atoms with E-state index in [1.165, 1.54) is 12.5 Å². The molecule has 3 atom stereocenters. The first kappa shape index (κ1) is 11.1. The molecule has 0 bridgehead atoms. The van der Waals surface area contributed by atoms with Crippen molar-refractivity contribution in [3.8, 4) is 0 Å². The van der Waals surface area contributed by atoms with Crippen molar-refractivity contribution in [2.75, 3.05) is 6.61 Å². The molecule has 1 aliphatic rings. The Morgan fingerprint density at radius 2 is 2.62 bits per heavy atom. The largest absolute Gasteiger partial charge is 0.376 e. The van der Waals surface area contributed by atoms with Crippen LogP contribution in [0, 0.1) is 0 Å². The Morgan fingerprint density at radius 1 is 1.81 bits per heavy atom. The summed E-state index contributed by atoms with van der Waals surface area (Å²) in [5.41, 5.74) is 6.26. The maximum absolute atomic E-state index is 11.7. The van der Waals surface area contributed by atoms with Gasteiger partial charge in [0.15, 0.2) is 0 Å². The highest BCUT2D eigenvalue weighted by atomic mass is 16.5. The Kier molecular flexibility index (Phi) is 3.21. The minimum atomic E-state index is -0.192. The molecule has 1 fully saturated rings. The average Bonchev–Trinajstić information content (AvgIpc) is 2.79. The third-order valence-electron chi connectivity index (χ3n) is 2.79. The second-order valence-electron chi connectivity index (χ2n) is 3.86. The number of nitrogens with two attached hydrogens (primary N) is 1. The van der Waals surface area contributed by atoms with E-state index in [2.05, 4.69) is 15.3 Å². The number of carbonyl (C=O) groups excluding carboxylic acids is 1. The standard InChI is InChI=1S/C10H16N4O2/c1-2-16-8-3-6(11)9(8)14-10(15)7-4-12-5-13-7/h4-6,8-9H,2-3,11H2,1H3,(H,12,13)(H,14,15). The molecule has 16 heavy (non-hydrogen) atoms. The van der Waals surface area contributed by atoms with Gasteiger partial charge in [0, 0.05) is 12.6 Å². The molecule has 6 heteroatoms. The molecule has 3 unspecified atom stereocenters. The number of nitrogens with zero attached hydrogens (tertiary/aromatic N) is 1. The minimum Gasteiger partial charge on any atom is -0.376 e. The van der Waals surface area contributed by atoms with E-state index >= 15 is 0 Å². The molecule has 1 aromatic heterocycles. The van der Waals surface area contributed by atoms with Gasteiger partial charge in [-0.1, -0.05) is 0 Å². The predicted molar refractivity (Wildman–Crippen MR) is 57.8 cm³/mol. The average molecular weight is 224 g/mol. The predicted octanol–water partition coefficient (Wildman–Crippen LogP) is -0.356. The summed E-state index contributed by atoms with van der Waals surface area (Å²) in [6.45, 7) is 2.56. The summed E-state index contributed by atoms with van der Waals surface area (Å²) >= 11 is 0. The van der Waals surface area contributed by atoms with Gasteiger partial charge in [0.25, 0.3) is 5.91 Å². The summed E-state index contributed by atoms with van der Waals surface area (Å²) in [4.78, 5) is 18.2. The lowest BCUT2D eigenvalue weighted by Gasteiger charge is -2.42. The number of hydrogen-bond donors (Lipinski definition) is 3. The number of rotatable bonds is 4. The van der Waals surface area contributed by atoms with E-state index in [9.17, 15) is 4.79 Å². The van der Waals surface area contributed by atoms with Crippen molar-refractivity contribution in [3.05, 3.63) is 18.2 Å². The number of hydrogen-bond acceptors (Lipinski definition) is 4. The summed E-state index contributed by atoms with van der Waals surface area (Å²) in [5, 5.41) is 2.84. The summed E-state index contributed by atoms with van der Waals surface area (Å²) < 4.78 is 5.46. The summed E-state index contributed by atoms with van der Waals surface area (Å²) in [7, 11) is 0. The molecule has 2 rings (SSSR count). The van der Waals surface area contributed by atoms with Crippen molar-refractivity contribution in [1.29, 1.82) is 0 Å². The van der Waals surface area contributed by atoms with Crippen molar-refractivity contribution in [3.63, 3.8) is 0 Å². The molecule has 4 N–H and O–H groups in total. The lowest BCUT2D eigenvalue weighted by Crippen LogP contribution is -2.64. The fourth-order valence-corrected chi connectivity index (χ4v) is 1.84. The normalized spacial score (nSPS) is 28.5. The molecular weight excluding hydrogens is 208 g/mol. The second-order valence-corrected chi connectivity index (χ2v) is 3.86. The van der Waals surface area contributed by atoms with Gasteiger partial charge in [0.2, 0.25) is 0 Å². The fraction of sp³-hybridized carbons (Fsp3) is 0.600. The first-order valence-electron chi connectivity index (χ1n) is 5.38. The fourth-order valence-electron chi connectivity index (χ4n) is 1.84. The van der Waals surface area contributed by atoms with Crippen LogP contribution < -0.4 is 11.1 Å². The van der Waals surface area contributed by atoms with Crippen LogP contribution in [-0.2, 0) is 4.74 Å². The number of imidazole rings is 1. The van der Waals surface area contributed by atoms with Crippen LogP contribution in [0.2, 0.25) is 0 Å². The van der Waals surface area contributed by atoms with Crippen molar-refractivity contribution in [2.24, 2.45) is 5.73 Å². The van der Waals surface area contributed by atoms with Gasteiger partial charge in [-0.25, -0.2) is 4.98 Å². The molecule has 0 saturated heterocycles. The van der Waals surface area contributed by atoms with Gasteiger partial charge < -0.3 is 20.8 Å². The van der Waals surface area contributed by atoms with E-state index in [1.807, 2.05) is 6.92 Å². The summed E-state index contributed by atoms with van der Waals surface area (Å²) in [5.74, 6) is -0.192. The van der Waals surface area contributed by atoms with Crippen molar-refractivity contribution in [1.82, 2.24) is 15.3 Å². The van der Waals surface area contributed by atoms with Gasteiger partial charge in [-0.05, 0) is 13.3 Å². The zero-order valence-electron chi connectivity index (χ0n) is 9.14. The Bertz CT molecular complexity index is 350. The number of H-pyrrole nitrogens is 1. The molecule has 0 radical (unpaired) electrons. The van der Waals surface area contributed by atoms with E-state index < -0.39 is 0 Å². The molecule has 0 spiro atoms. The lowest BCUT2D eigenvalue weighted by atomic mass is 9.83. The molecule has 6 nitrogen and oxygen atoms in total. The van der Waals surface area contributed by atoms with Crippen molar-refractivity contribution >= 4 is 5.91 Å². The molecule has 1 heterocycles. The Hall–Kier alpha value is -1.40. The van der Waals surface area contributed by atoms with E-state index in [-0.39, 0.29) is 24.1 Å². The number of nitrogens with one attached hydrogen (secondary N) is 2. The van der Waals surface area contributed by atoms with E-state index in [4.69, 9.17) is 10.5 Å². The zero-order valence-corrected chi connectivity index (χ0v) is 9.14. The third kappa shape index (κ3) is 2.07. The first-order valence-corrected chi connectivity index (χ1v) is 5.38. The molecule has 1 aliphatic carbocycles. The van der Waals surface area contributed by atoms with Gasteiger partial charge in [0.05, 0.1) is 24.7 Å². The van der Waals surface area contributed by atoms with Gasteiger partial charge >= 0.3 is 0 Å². The highest BCUT2D eigenvalue weighted by Gasteiger charge is 2.40. The quantitative estimate of drug-likeness (QED) is 0.651. The zero-order chi connectivity index (χ0) is 11.5. The molecule has 1 amide bonds. The highest BCUT2D eigenvalue weighted by molar-refractivity contribution is 5.92. The number of aromatic nitrogens is 2. The molecule has 0 aromatic carbocycles. The third-order valence-corrected chi connectivity index (χ3v) is 2.79. The van der Waals surface area contributed by atoms with E-state index in [0.717, 1.165) is 6.42 Å². The maximum Gasteiger partial charge on any atom is 0.269 e. The smallest absolute Gasteiger partial charge is 0.269 e. The topological polar surface area (TPSA) is 93.0 Å². The summed E-state index contributed by atoms with van der Waals surface area (Å²) in [6.07, 6.45) is 3.78. The number of aromatic amines is 1. The molecule has 0 aliphatic heterocycles. The number of ether oxygens (including phenoxy) is 1. The van der Waals surface area contributed by atoms with Crippen LogP contribution in [0.15, 0.2) is 12.5 Å². The lowest BCUT2D eigenvalue weighted by molar-refractivity contribution is -0.0300. The maximum atomic E-state index is 11.7. The van der Waals surface area contributed by atoms with Crippen LogP contribution in [0.4, 0.5) is 0 Å².